The van der Waals surface area contributed by atoms with Gasteiger partial charge in [0, 0.05) is 0 Å². The third-order valence-corrected chi connectivity index (χ3v) is 4.39. The number of aliphatic hydroxyl groups is 2. The average Bonchev–Trinajstić information content (AvgIpc) is 2.50. The Bertz CT molecular complexity index is 893. The van der Waals surface area contributed by atoms with Gasteiger partial charge in [-0.2, -0.15) is 0 Å². The monoisotopic (exact) mass is 276 g/mol. The Kier molecular flexibility index (Phi) is 2.64. The van der Waals surface area contributed by atoms with Crippen LogP contribution in [0, 0.1) is 6.92 Å². The maximum atomic E-state index is 10.4. The Morgan fingerprint density at radius 1 is 0.952 bits per heavy atom. The van der Waals surface area contributed by atoms with E-state index in [1.807, 2.05) is 24.3 Å². The summed E-state index contributed by atoms with van der Waals surface area (Å²) < 4.78 is 0. The normalized spacial score (nSPS) is 20.9. The van der Waals surface area contributed by atoms with E-state index in [0.717, 1.165) is 27.5 Å². The fourth-order valence-electron chi connectivity index (χ4n) is 3.40. The van der Waals surface area contributed by atoms with Gasteiger partial charge in [0.1, 0.15) is 12.2 Å². The standard InChI is InChI=1S/C19H16O2/c1-11-10-13-4-2-3-5-14(13)15-8-6-12-7-9-16(20)19(21)18(12)17(11)15/h2-10,16,19-21H,1H3/t16-,19+/m1/s1. The molecule has 3 aromatic carbocycles. The summed E-state index contributed by atoms with van der Waals surface area (Å²) in [7, 11) is 0. The second-order valence-corrected chi connectivity index (χ2v) is 5.70. The summed E-state index contributed by atoms with van der Waals surface area (Å²) >= 11 is 0. The van der Waals surface area contributed by atoms with Gasteiger partial charge >= 0.3 is 0 Å². The molecule has 0 unspecified atom stereocenters. The first-order valence-corrected chi connectivity index (χ1v) is 7.16. The zero-order chi connectivity index (χ0) is 14.6. The number of hydrogen-bond acceptors (Lipinski definition) is 2. The van der Waals surface area contributed by atoms with E-state index in [4.69, 9.17) is 0 Å². The largest absolute Gasteiger partial charge is 0.386 e. The topological polar surface area (TPSA) is 40.5 Å². The Hall–Kier alpha value is -2.16. The van der Waals surface area contributed by atoms with Crippen molar-refractivity contribution in [1.29, 1.82) is 0 Å². The molecule has 21 heavy (non-hydrogen) atoms. The van der Waals surface area contributed by atoms with Crippen LogP contribution < -0.4 is 0 Å². The van der Waals surface area contributed by atoms with Gasteiger partial charge in [-0.1, -0.05) is 54.6 Å². The van der Waals surface area contributed by atoms with E-state index in [0.29, 0.717) is 0 Å². The lowest BCUT2D eigenvalue weighted by atomic mass is 9.85. The molecule has 0 saturated heterocycles. The van der Waals surface area contributed by atoms with Gasteiger partial charge < -0.3 is 10.2 Å². The fraction of sp³-hybridized carbons (Fsp3) is 0.158. The molecular formula is C19H16O2. The van der Waals surface area contributed by atoms with Crippen LogP contribution in [-0.4, -0.2) is 16.3 Å². The van der Waals surface area contributed by atoms with E-state index in [1.165, 1.54) is 10.8 Å². The maximum absolute atomic E-state index is 10.4. The molecule has 0 fully saturated rings. The zero-order valence-corrected chi connectivity index (χ0v) is 11.7. The Morgan fingerprint density at radius 3 is 2.62 bits per heavy atom. The summed E-state index contributed by atoms with van der Waals surface area (Å²) in [6, 6.07) is 14.6. The van der Waals surface area contributed by atoms with Crippen molar-refractivity contribution >= 4 is 27.6 Å². The second kappa shape index (κ2) is 4.42. The zero-order valence-electron chi connectivity index (χ0n) is 11.7. The van der Waals surface area contributed by atoms with Gasteiger partial charge in [0.15, 0.2) is 0 Å². The Balaban J connectivity index is 2.21. The molecule has 0 radical (unpaired) electrons. The number of aliphatic hydroxyl groups excluding tert-OH is 2. The quantitative estimate of drug-likeness (QED) is 0.614. The van der Waals surface area contributed by atoms with Crippen molar-refractivity contribution in [3.05, 3.63) is 65.2 Å². The van der Waals surface area contributed by atoms with Crippen LogP contribution in [0.4, 0.5) is 0 Å². The van der Waals surface area contributed by atoms with Crippen LogP contribution >= 0.6 is 0 Å². The first-order valence-electron chi connectivity index (χ1n) is 7.16. The molecule has 1 aliphatic rings. The minimum atomic E-state index is -0.867. The first kappa shape index (κ1) is 12.6. The van der Waals surface area contributed by atoms with E-state index >= 15 is 0 Å². The third kappa shape index (κ3) is 1.73. The molecule has 0 spiro atoms. The summed E-state index contributed by atoms with van der Waals surface area (Å²) in [4.78, 5) is 0. The van der Waals surface area contributed by atoms with Gasteiger partial charge in [-0.25, -0.2) is 0 Å². The van der Waals surface area contributed by atoms with Gasteiger partial charge in [-0.3, -0.25) is 0 Å². The van der Waals surface area contributed by atoms with E-state index in [9.17, 15) is 10.2 Å². The minimum absolute atomic E-state index is 0.839. The molecule has 4 rings (SSSR count). The SMILES string of the molecule is Cc1cc2ccccc2c2ccc3c(c12)[C@@H](O)[C@H](O)C=C3. The van der Waals surface area contributed by atoms with Crippen molar-refractivity contribution in [1.82, 2.24) is 0 Å². The lowest BCUT2D eigenvalue weighted by molar-refractivity contribution is 0.0480. The van der Waals surface area contributed by atoms with Crippen LogP contribution in [0.5, 0.6) is 0 Å². The molecule has 0 aromatic heterocycles. The van der Waals surface area contributed by atoms with Crippen molar-refractivity contribution in [2.75, 3.05) is 0 Å². The second-order valence-electron chi connectivity index (χ2n) is 5.70. The number of fused-ring (bicyclic) bond motifs is 5. The summed E-state index contributed by atoms with van der Waals surface area (Å²) in [6.07, 6.45) is 1.83. The number of hydrogen-bond donors (Lipinski definition) is 2. The summed E-state index contributed by atoms with van der Waals surface area (Å²) in [6.45, 7) is 2.06. The Morgan fingerprint density at radius 2 is 1.76 bits per heavy atom. The smallest absolute Gasteiger partial charge is 0.110 e. The predicted octanol–water partition coefficient (Wildman–Crippen LogP) is 3.72. The van der Waals surface area contributed by atoms with Crippen molar-refractivity contribution in [3.8, 4) is 0 Å². The third-order valence-electron chi connectivity index (χ3n) is 4.39. The van der Waals surface area contributed by atoms with Crippen molar-refractivity contribution in [2.45, 2.75) is 19.1 Å². The number of benzene rings is 3. The fourth-order valence-corrected chi connectivity index (χ4v) is 3.40. The highest BCUT2D eigenvalue weighted by Gasteiger charge is 2.25. The summed E-state index contributed by atoms with van der Waals surface area (Å²) in [5.74, 6) is 0. The molecular weight excluding hydrogens is 260 g/mol. The van der Waals surface area contributed by atoms with E-state index in [2.05, 4.69) is 31.2 Å². The van der Waals surface area contributed by atoms with Gasteiger partial charge in [0.25, 0.3) is 0 Å². The molecule has 0 heterocycles. The molecule has 0 saturated carbocycles. The molecule has 2 heteroatoms. The van der Waals surface area contributed by atoms with E-state index in [-0.39, 0.29) is 0 Å². The number of aryl methyl sites for hydroxylation is 1. The number of rotatable bonds is 0. The first-order chi connectivity index (χ1) is 10.2. The van der Waals surface area contributed by atoms with Gasteiger partial charge in [0.05, 0.1) is 0 Å². The van der Waals surface area contributed by atoms with Crippen LogP contribution in [-0.2, 0) is 0 Å². The van der Waals surface area contributed by atoms with Crippen LogP contribution in [0.15, 0.2) is 48.5 Å². The molecule has 2 N–H and O–H groups in total. The molecule has 2 nitrogen and oxygen atoms in total. The molecule has 2 atom stereocenters. The van der Waals surface area contributed by atoms with Gasteiger partial charge in [-0.15, -0.1) is 0 Å². The molecule has 104 valence electrons. The molecule has 0 amide bonds. The summed E-state index contributed by atoms with van der Waals surface area (Å²) in [5.41, 5.74) is 2.95. The lowest BCUT2D eigenvalue weighted by Gasteiger charge is -2.25. The van der Waals surface area contributed by atoms with Crippen LogP contribution in [0.3, 0.4) is 0 Å². The minimum Gasteiger partial charge on any atom is -0.386 e. The van der Waals surface area contributed by atoms with Crippen LogP contribution in [0.1, 0.15) is 22.8 Å². The molecule has 3 aromatic rings. The predicted molar refractivity (Wildman–Crippen MR) is 86.2 cm³/mol. The molecule has 1 aliphatic carbocycles. The van der Waals surface area contributed by atoms with Crippen molar-refractivity contribution < 1.29 is 10.2 Å². The van der Waals surface area contributed by atoms with E-state index < -0.39 is 12.2 Å². The van der Waals surface area contributed by atoms with E-state index in [1.54, 1.807) is 6.08 Å². The Labute approximate surface area is 123 Å². The molecule has 0 bridgehead atoms. The van der Waals surface area contributed by atoms with Gasteiger partial charge in [0.2, 0.25) is 0 Å². The highest BCUT2D eigenvalue weighted by atomic mass is 16.3. The summed E-state index contributed by atoms with van der Waals surface area (Å²) in [5, 5.41) is 24.9. The van der Waals surface area contributed by atoms with Crippen LogP contribution in [0.2, 0.25) is 0 Å². The maximum Gasteiger partial charge on any atom is 0.110 e. The highest BCUT2D eigenvalue weighted by Crippen LogP contribution is 2.38. The van der Waals surface area contributed by atoms with Crippen molar-refractivity contribution in [2.24, 2.45) is 0 Å². The van der Waals surface area contributed by atoms with Gasteiger partial charge in [-0.05, 0) is 45.2 Å². The lowest BCUT2D eigenvalue weighted by Crippen LogP contribution is -2.20. The van der Waals surface area contributed by atoms with Crippen molar-refractivity contribution in [3.63, 3.8) is 0 Å². The van der Waals surface area contributed by atoms with Crippen LogP contribution in [0.25, 0.3) is 27.6 Å². The average molecular weight is 276 g/mol. The highest BCUT2D eigenvalue weighted by molar-refractivity contribution is 6.11. The molecule has 0 aliphatic heterocycles.